The van der Waals surface area contributed by atoms with Crippen molar-refractivity contribution in [3.8, 4) is 11.3 Å². The molecule has 0 saturated carbocycles. The summed E-state index contributed by atoms with van der Waals surface area (Å²) in [5, 5.41) is 22.5. The summed E-state index contributed by atoms with van der Waals surface area (Å²) in [6, 6.07) is 31.4. The van der Waals surface area contributed by atoms with E-state index in [2.05, 4.69) is 41.2 Å². The van der Waals surface area contributed by atoms with Gasteiger partial charge in [-0.25, -0.2) is 29.5 Å². The van der Waals surface area contributed by atoms with Crippen molar-refractivity contribution < 1.29 is 23.8 Å². The second-order valence-electron chi connectivity index (χ2n) is 12.3. The molecule has 0 atom stereocenters. The lowest BCUT2D eigenvalue weighted by molar-refractivity contribution is 0.0636. The number of hydrogen-bond donors (Lipinski definition) is 5. The van der Waals surface area contributed by atoms with Crippen molar-refractivity contribution in [1.29, 1.82) is 0 Å². The van der Waals surface area contributed by atoms with E-state index in [0.29, 0.717) is 28.2 Å². The Kier molecular flexibility index (Phi) is 10.4. The molecule has 0 bridgehead atoms. The number of hydrogen-bond acceptors (Lipinski definition) is 10. The van der Waals surface area contributed by atoms with Gasteiger partial charge in [0.05, 0.1) is 5.69 Å². The molecule has 0 radical (unpaired) electrons. The van der Waals surface area contributed by atoms with E-state index in [9.17, 15) is 9.59 Å². The molecule has 5 N–H and O–H groups in total. The van der Waals surface area contributed by atoms with Gasteiger partial charge < -0.3 is 24.9 Å². The Balaban J connectivity index is 0.000000188. The van der Waals surface area contributed by atoms with Crippen LogP contribution in [-0.4, -0.2) is 42.8 Å². The van der Waals surface area contributed by atoms with Crippen LogP contribution in [-0.2, 0) is 4.74 Å². The van der Waals surface area contributed by atoms with Gasteiger partial charge in [-0.15, -0.1) is 0 Å². The van der Waals surface area contributed by atoms with Crippen LogP contribution in [0.5, 0.6) is 0 Å². The highest BCUT2D eigenvalue weighted by molar-refractivity contribution is 6.29. The summed E-state index contributed by atoms with van der Waals surface area (Å²) in [6.07, 6.45) is 1.29. The van der Waals surface area contributed by atoms with E-state index in [4.69, 9.17) is 25.9 Å². The molecule has 14 heteroatoms. The van der Waals surface area contributed by atoms with Crippen molar-refractivity contribution in [2.24, 2.45) is 0 Å². The minimum Gasteiger partial charge on any atom is -0.465 e. The normalized spacial score (nSPS) is 10.9. The summed E-state index contributed by atoms with van der Waals surface area (Å²) in [5.41, 5.74) is 5.43. The molecule has 52 heavy (non-hydrogen) atoms. The highest BCUT2D eigenvalue weighted by Gasteiger charge is 2.16. The molecule has 0 unspecified atom stereocenters. The maximum atomic E-state index is 11.7. The summed E-state index contributed by atoms with van der Waals surface area (Å²) in [5.74, 6) is 1.21. The monoisotopic (exact) mass is 716 g/mol. The van der Waals surface area contributed by atoms with Crippen LogP contribution < -0.4 is 21.3 Å². The van der Waals surface area contributed by atoms with Crippen molar-refractivity contribution in [2.75, 3.05) is 21.3 Å². The molecule has 0 spiro atoms. The van der Waals surface area contributed by atoms with Gasteiger partial charge in [-0.2, -0.15) is 0 Å². The van der Waals surface area contributed by atoms with Crippen LogP contribution in [0, 0.1) is 0 Å². The number of aromatic nitrogens is 4. The van der Waals surface area contributed by atoms with Crippen molar-refractivity contribution in [3.05, 3.63) is 121 Å². The Morgan fingerprint density at radius 2 is 1.27 bits per heavy atom. The number of benzene rings is 4. The highest BCUT2D eigenvalue weighted by Crippen LogP contribution is 2.35. The first-order valence-corrected chi connectivity index (χ1v) is 16.3. The number of rotatable bonds is 7. The summed E-state index contributed by atoms with van der Waals surface area (Å²) < 4.78 is 11.3. The molecule has 0 aliphatic heterocycles. The molecule has 0 aliphatic rings. The van der Waals surface area contributed by atoms with E-state index < -0.39 is 17.8 Å². The van der Waals surface area contributed by atoms with E-state index >= 15 is 0 Å². The third-order valence-electron chi connectivity index (χ3n) is 7.19. The number of ether oxygens (including phenoxy) is 1. The second kappa shape index (κ2) is 15.4. The zero-order valence-electron chi connectivity index (χ0n) is 28.2. The molecule has 0 aliphatic carbocycles. The van der Waals surface area contributed by atoms with Crippen LogP contribution in [0.4, 0.5) is 44.0 Å². The lowest BCUT2D eigenvalue weighted by atomic mass is 10.1. The minimum absolute atomic E-state index is 0.362. The van der Waals surface area contributed by atoms with Crippen molar-refractivity contribution in [1.82, 2.24) is 19.9 Å². The van der Waals surface area contributed by atoms with Gasteiger partial charge in [0.2, 0.25) is 0 Å². The number of nitrogens with zero attached hydrogens (tertiary/aromatic N) is 4. The number of carbonyl (C=O) groups is 2. The molecule has 13 nitrogen and oxygen atoms in total. The molecule has 0 saturated heterocycles. The molecule has 3 heterocycles. The highest BCUT2D eigenvalue weighted by atomic mass is 35.5. The Morgan fingerprint density at radius 3 is 1.90 bits per heavy atom. The lowest BCUT2D eigenvalue weighted by Gasteiger charge is -2.19. The van der Waals surface area contributed by atoms with Crippen LogP contribution in [0.1, 0.15) is 20.8 Å². The molecule has 2 amide bonds. The second-order valence-corrected chi connectivity index (χ2v) is 12.6. The van der Waals surface area contributed by atoms with Crippen LogP contribution in [0.15, 0.2) is 120 Å². The standard InChI is InChI=1S/C23H16N4O3.C15H17ClN4O2/c28-23(29)27-15-10-8-14(9-11-15)26-21-12-19(24-13-25-21)18-6-3-5-17-16-4-1-2-7-20(16)30-22(17)18;1-15(2,3)22-14(21)20-11-6-4-10(5-7-11)19-13-8-12(16)17-9-18-13/h1-13,27H,(H,28,29)(H,24,25,26);4-9H,1-3H3,(H,20,21)(H,17,18,19). The number of halogens is 1. The van der Waals surface area contributed by atoms with Crippen LogP contribution in [0.25, 0.3) is 33.2 Å². The molecule has 7 aromatic rings. The number of carboxylic acid groups (broad SMARTS) is 1. The predicted octanol–water partition coefficient (Wildman–Crippen LogP) is 10.1. The average molecular weight is 717 g/mol. The van der Waals surface area contributed by atoms with E-state index in [1.807, 2.05) is 81.4 Å². The molecular weight excluding hydrogens is 684 g/mol. The number of furan rings is 1. The maximum Gasteiger partial charge on any atom is 0.412 e. The van der Waals surface area contributed by atoms with E-state index in [0.717, 1.165) is 44.6 Å². The summed E-state index contributed by atoms with van der Waals surface area (Å²) >= 11 is 5.79. The number of anilines is 6. The summed E-state index contributed by atoms with van der Waals surface area (Å²) in [7, 11) is 0. The maximum absolute atomic E-state index is 11.7. The molecular formula is C38H33ClN8O5. The first-order valence-electron chi connectivity index (χ1n) is 15.9. The smallest absolute Gasteiger partial charge is 0.412 e. The molecule has 7 rings (SSSR count). The van der Waals surface area contributed by atoms with Crippen molar-refractivity contribution in [2.45, 2.75) is 26.4 Å². The first kappa shape index (κ1) is 35.1. The van der Waals surface area contributed by atoms with Gasteiger partial charge in [0.25, 0.3) is 0 Å². The predicted molar refractivity (Wildman–Crippen MR) is 203 cm³/mol. The topological polar surface area (TPSA) is 176 Å². The lowest BCUT2D eigenvalue weighted by Crippen LogP contribution is -2.27. The van der Waals surface area contributed by atoms with Gasteiger partial charge >= 0.3 is 12.2 Å². The fourth-order valence-electron chi connectivity index (χ4n) is 5.04. The van der Waals surface area contributed by atoms with Crippen LogP contribution in [0.2, 0.25) is 5.15 Å². The Hall–Kier alpha value is -6.73. The zero-order valence-corrected chi connectivity index (χ0v) is 29.0. The Labute approximate surface area is 303 Å². The molecule has 0 fully saturated rings. The van der Waals surface area contributed by atoms with Crippen molar-refractivity contribution in [3.63, 3.8) is 0 Å². The third-order valence-corrected chi connectivity index (χ3v) is 7.40. The van der Waals surface area contributed by atoms with Gasteiger partial charge in [0, 0.05) is 51.2 Å². The van der Waals surface area contributed by atoms with E-state index in [1.54, 1.807) is 42.5 Å². The SMILES string of the molecule is CC(C)(C)OC(=O)Nc1ccc(Nc2cc(Cl)ncn2)cc1.O=C(O)Nc1ccc(Nc2cc(-c3cccc4c3oc3ccccc34)ncn2)cc1. The van der Waals surface area contributed by atoms with Gasteiger partial charge in [-0.3, -0.25) is 10.6 Å². The number of para-hydroxylation sites is 2. The fraction of sp³-hybridized carbons (Fsp3) is 0.105. The van der Waals surface area contributed by atoms with Gasteiger partial charge in [0.15, 0.2) is 0 Å². The molecule has 262 valence electrons. The first-order chi connectivity index (χ1) is 25.0. The van der Waals surface area contributed by atoms with Crippen LogP contribution in [0.3, 0.4) is 0 Å². The summed E-state index contributed by atoms with van der Waals surface area (Å²) in [6.45, 7) is 5.44. The van der Waals surface area contributed by atoms with E-state index in [1.165, 1.54) is 12.7 Å². The van der Waals surface area contributed by atoms with Gasteiger partial charge in [0.1, 0.15) is 46.2 Å². The number of nitrogens with one attached hydrogen (secondary N) is 4. The third kappa shape index (κ3) is 9.28. The minimum atomic E-state index is -1.10. The zero-order chi connectivity index (χ0) is 36.7. The average Bonchev–Trinajstić information content (AvgIpc) is 3.49. The number of amides is 2. The fourth-order valence-corrected chi connectivity index (χ4v) is 5.19. The summed E-state index contributed by atoms with van der Waals surface area (Å²) in [4.78, 5) is 39.0. The number of carbonyl (C=O) groups excluding carboxylic acids is 1. The van der Waals surface area contributed by atoms with E-state index in [-0.39, 0.29) is 0 Å². The largest absolute Gasteiger partial charge is 0.465 e. The Morgan fingerprint density at radius 1 is 0.692 bits per heavy atom. The quantitative estimate of drug-likeness (QED) is 0.0992. The van der Waals surface area contributed by atoms with Crippen LogP contribution >= 0.6 is 11.6 Å². The number of fused-ring (bicyclic) bond motifs is 3. The molecule has 3 aromatic heterocycles. The Bertz CT molecular complexity index is 2340. The van der Waals surface area contributed by atoms with Crippen molar-refractivity contribution >= 4 is 80.1 Å². The van der Waals surface area contributed by atoms with Gasteiger partial charge in [-0.05, 0) is 81.4 Å². The van der Waals surface area contributed by atoms with Gasteiger partial charge in [-0.1, -0.05) is 41.9 Å². The molecule has 4 aromatic carbocycles.